The minimum absolute atomic E-state index is 0.0654. The molecule has 9 heteroatoms. The van der Waals surface area contributed by atoms with Crippen LogP contribution in [0, 0.1) is 16.6 Å². The van der Waals surface area contributed by atoms with Crippen molar-refractivity contribution in [2.24, 2.45) is 10.8 Å². The van der Waals surface area contributed by atoms with E-state index in [1.165, 1.54) is 23.3 Å². The molecule has 0 bridgehead atoms. The van der Waals surface area contributed by atoms with Crippen LogP contribution in [-0.2, 0) is 4.79 Å². The van der Waals surface area contributed by atoms with Gasteiger partial charge in [0.2, 0.25) is 5.91 Å². The van der Waals surface area contributed by atoms with E-state index in [1.54, 1.807) is 17.3 Å². The summed E-state index contributed by atoms with van der Waals surface area (Å²) < 4.78 is 27.2. The first-order valence-corrected chi connectivity index (χ1v) is 16.3. The number of likely N-dealkylation sites (tertiary alicyclic amines) is 1. The van der Waals surface area contributed by atoms with E-state index < -0.39 is 12.1 Å². The minimum atomic E-state index is -0.770. The third kappa shape index (κ3) is 5.81. The first kappa shape index (κ1) is 30.5. The van der Waals surface area contributed by atoms with E-state index >= 15 is 0 Å². The number of hydrogen-bond acceptors (Lipinski definition) is 5. The summed E-state index contributed by atoms with van der Waals surface area (Å²) in [6.45, 7) is 5.91. The van der Waals surface area contributed by atoms with Crippen LogP contribution in [0.1, 0.15) is 65.7 Å². The van der Waals surface area contributed by atoms with Crippen molar-refractivity contribution in [3.63, 3.8) is 0 Å². The van der Waals surface area contributed by atoms with Gasteiger partial charge in [0.25, 0.3) is 5.91 Å². The molecule has 2 aromatic carbocycles. The smallest absolute Gasteiger partial charge is 0.253 e. The van der Waals surface area contributed by atoms with Crippen molar-refractivity contribution >= 4 is 23.1 Å². The Kier molecular flexibility index (Phi) is 7.91. The molecule has 3 aromatic rings. The molecular weight excluding hydrogens is 584 g/mol. The van der Waals surface area contributed by atoms with Crippen LogP contribution in [0.5, 0.6) is 0 Å². The number of amides is 2. The highest BCUT2D eigenvalue weighted by molar-refractivity contribution is 5.95. The normalized spacial score (nSPS) is 20.5. The molecule has 0 unspecified atom stereocenters. The van der Waals surface area contributed by atoms with E-state index in [-0.39, 0.29) is 23.7 Å². The highest BCUT2D eigenvalue weighted by Gasteiger charge is 2.52. The molecule has 4 fully saturated rings. The van der Waals surface area contributed by atoms with Gasteiger partial charge in [-0.3, -0.25) is 14.6 Å². The molecule has 3 heterocycles. The molecule has 7 rings (SSSR count). The van der Waals surface area contributed by atoms with E-state index in [4.69, 9.17) is 0 Å². The number of benzene rings is 2. The molecule has 1 atom stereocenters. The largest absolute Gasteiger partial charge is 0.367 e. The molecule has 240 valence electrons. The fourth-order valence-corrected chi connectivity index (χ4v) is 7.63. The number of carbonyl (C=O) groups excluding carboxylic acids is 2. The zero-order valence-corrected chi connectivity index (χ0v) is 26.6. The molecule has 0 radical (unpaired) electrons. The highest BCUT2D eigenvalue weighted by Crippen LogP contribution is 2.54. The predicted octanol–water partition coefficient (Wildman–Crippen LogP) is 5.64. The second kappa shape index (κ2) is 11.9. The fraction of sp³-hybridized carbons (Fsp3) is 0.432. The predicted molar refractivity (Wildman–Crippen MR) is 175 cm³/mol. The number of nitrogens with one attached hydrogen (secondary N) is 1. The number of aromatic nitrogens is 1. The topological polar surface area (TPSA) is 68.8 Å². The monoisotopic (exact) mass is 625 g/mol. The van der Waals surface area contributed by atoms with Crippen molar-refractivity contribution in [1.82, 2.24) is 20.1 Å². The summed E-state index contributed by atoms with van der Waals surface area (Å²) in [6, 6.07) is 16.7. The lowest BCUT2D eigenvalue weighted by atomic mass is 9.59. The van der Waals surface area contributed by atoms with E-state index in [0.29, 0.717) is 50.0 Å². The molecule has 2 aliphatic carbocycles. The number of hydrogen-bond donors (Lipinski definition) is 1. The van der Waals surface area contributed by atoms with E-state index in [9.17, 15) is 18.4 Å². The van der Waals surface area contributed by atoms with Crippen molar-refractivity contribution in [2.75, 3.05) is 57.9 Å². The van der Waals surface area contributed by atoms with Gasteiger partial charge in [0, 0.05) is 50.9 Å². The van der Waals surface area contributed by atoms with Gasteiger partial charge in [-0.05, 0) is 80.1 Å². The van der Waals surface area contributed by atoms with Gasteiger partial charge in [0.15, 0.2) is 0 Å². The quantitative estimate of drug-likeness (QED) is 0.351. The van der Waals surface area contributed by atoms with Crippen LogP contribution in [0.4, 0.5) is 14.5 Å². The lowest BCUT2D eigenvalue weighted by Crippen LogP contribution is -2.58. The molecule has 4 aliphatic rings. The Labute approximate surface area is 269 Å². The Balaban J connectivity index is 1.00. The second-order valence-corrected chi connectivity index (χ2v) is 14.0. The van der Waals surface area contributed by atoms with E-state index in [1.807, 2.05) is 25.1 Å². The van der Waals surface area contributed by atoms with Crippen LogP contribution in [0.25, 0.3) is 5.57 Å². The molecule has 2 saturated carbocycles. The molecule has 2 saturated heterocycles. The summed E-state index contributed by atoms with van der Waals surface area (Å²) in [4.78, 5) is 36.6. The SMILES string of the molecule is C[C@@H](NC(=O)c1cncc(N2CCN(C(=O)C3(CF)CC3)CC2)c1)c1ccc(C(=C2CC3(C2)CN(C)C3)c2ccc(F)cc2)cc1. The number of carbonyl (C=O) groups is 2. The van der Waals surface area contributed by atoms with E-state index in [2.05, 4.69) is 51.4 Å². The maximum atomic E-state index is 13.8. The maximum Gasteiger partial charge on any atom is 0.253 e. The molecule has 1 aromatic heterocycles. The third-order valence-electron chi connectivity index (χ3n) is 10.4. The molecule has 46 heavy (non-hydrogen) atoms. The molecule has 1 N–H and O–H groups in total. The Bertz CT molecular complexity index is 1640. The number of allylic oxidation sites excluding steroid dienone is 1. The Morgan fingerprint density at radius 3 is 2.13 bits per heavy atom. The number of anilines is 1. The van der Waals surface area contributed by atoms with Crippen LogP contribution in [0.2, 0.25) is 0 Å². The van der Waals surface area contributed by atoms with Crippen molar-refractivity contribution in [1.29, 1.82) is 0 Å². The number of piperazine rings is 1. The van der Waals surface area contributed by atoms with Crippen LogP contribution in [0.3, 0.4) is 0 Å². The van der Waals surface area contributed by atoms with Crippen LogP contribution in [-0.4, -0.2) is 79.6 Å². The number of halogens is 2. The van der Waals surface area contributed by atoms with Crippen molar-refractivity contribution in [3.05, 3.63) is 101 Å². The van der Waals surface area contributed by atoms with Gasteiger partial charge >= 0.3 is 0 Å². The number of alkyl halides is 1. The van der Waals surface area contributed by atoms with Gasteiger partial charge in [-0.1, -0.05) is 42.0 Å². The van der Waals surface area contributed by atoms with Crippen molar-refractivity contribution in [3.8, 4) is 0 Å². The average molecular weight is 626 g/mol. The van der Waals surface area contributed by atoms with E-state index in [0.717, 1.165) is 48.3 Å². The Morgan fingerprint density at radius 2 is 1.54 bits per heavy atom. The van der Waals surface area contributed by atoms with Crippen molar-refractivity contribution < 1.29 is 18.4 Å². The summed E-state index contributed by atoms with van der Waals surface area (Å²) >= 11 is 0. The Hall–Kier alpha value is -4.11. The van der Waals surface area contributed by atoms with Gasteiger partial charge in [-0.2, -0.15) is 0 Å². The highest BCUT2D eigenvalue weighted by atomic mass is 19.1. The molecule has 2 aliphatic heterocycles. The van der Waals surface area contributed by atoms with Crippen molar-refractivity contribution in [2.45, 2.75) is 38.6 Å². The summed E-state index contributed by atoms with van der Waals surface area (Å²) in [5, 5.41) is 3.11. The minimum Gasteiger partial charge on any atom is -0.367 e. The van der Waals surface area contributed by atoms with Crippen LogP contribution in [0.15, 0.2) is 72.6 Å². The van der Waals surface area contributed by atoms with Gasteiger partial charge in [-0.15, -0.1) is 0 Å². The summed E-state index contributed by atoms with van der Waals surface area (Å²) in [7, 11) is 2.16. The van der Waals surface area contributed by atoms with Gasteiger partial charge in [0.05, 0.1) is 28.9 Å². The Morgan fingerprint density at radius 1 is 0.913 bits per heavy atom. The zero-order chi connectivity index (χ0) is 32.1. The van der Waals surface area contributed by atoms with Crippen LogP contribution < -0.4 is 10.2 Å². The molecular formula is C37H41F2N5O2. The number of rotatable bonds is 8. The van der Waals surface area contributed by atoms with Crippen LogP contribution >= 0.6 is 0 Å². The zero-order valence-electron chi connectivity index (χ0n) is 26.6. The number of nitrogens with zero attached hydrogens (tertiary/aromatic N) is 4. The molecule has 1 spiro atoms. The lowest BCUT2D eigenvalue weighted by molar-refractivity contribution is -0.137. The lowest BCUT2D eigenvalue weighted by Gasteiger charge is -2.56. The second-order valence-electron chi connectivity index (χ2n) is 14.0. The fourth-order valence-electron chi connectivity index (χ4n) is 7.63. The molecule has 7 nitrogen and oxygen atoms in total. The number of pyridine rings is 1. The van der Waals surface area contributed by atoms with Gasteiger partial charge in [0.1, 0.15) is 12.5 Å². The molecule has 2 amide bonds. The third-order valence-corrected chi connectivity index (χ3v) is 10.4. The first-order chi connectivity index (χ1) is 22.2. The maximum absolute atomic E-state index is 13.8. The summed E-state index contributed by atoms with van der Waals surface area (Å²) in [5.41, 5.74) is 6.64. The first-order valence-electron chi connectivity index (χ1n) is 16.3. The average Bonchev–Trinajstić information content (AvgIpc) is 3.85. The standard InChI is InChI=1S/C37H41F2N5O2/c1-25(41-34(45)29-17-32(21-40-20-29)43-13-15-44(16-14-43)35(46)37(22-38)11-12-37)26-3-5-27(6-4-26)33(28-7-9-31(39)10-8-28)30-18-36(19-30)23-42(2)24-36/h3-10,17,20-21,25H,11-16,18-19,22-24H2,1-2H3,(H,41,45)/t25-/m1/s1. The summed E-state index contributed by atoms with van der Waals surface area (Å²) in [5.74, 6) is -0.517. The summed E-state index contributed by atoms with van der Waals surface area (Å²) in [6.07, 6.45) is 6.72. The van der Waals surface area contributed by atoms with Gasteiger partial charge in [-0.25, -0.2) is 8.78 Å². The van der Waals surface area contributed by atoms with Gasteiger partial charge < -0.3 is 20.0 Å².